The van der Waals surface area contributed by atoms with Gasteiger partial charge in [0.1, 0.15) is 0 Å². The first-order valence-electron chi connectivity index (χ1n) is 8.53. The van der Waals surface area contributed by atoms with Crippen molar-refractivity contribution in [1.29, 1.82) is 0 Å². The van der Waals surface area contributed by atoms with Crippen molar-refractivity contribution in [2.75, 3.05) is 13.2 Å². The Hall–Kier alpha value is -2.08. The monoisotopic (exact) mass is 332 g/mol. The van der Waals surface area contributed by atoms with E-state index in [0.29, 0.717) is 6.54 Å². The van der Waals surface area contributed by atoms with Gasteiger partial charge in [-0.1, -0.05) is 18.6 Å². The van der Waals surface area contributed by atoms with Gasteiger partial charge in [0.25, 0.3) is 0 Å². The van der Waals surface area contributed by atoms with Crippen molar-refractivity contribution in [3.05, 3.63) is 35.4 Å². The van der Waals surface area contributed by atoms with Crippen molar-refractivity contribution < 1.29 is 19.4 Å². The molecule has 2 amide bonds. The number of carbonyl (C=O) groups excluding carboxylic acids is 1. The van der Waals surface area contributed by atoms with Gasteiger partial charge in [0, 0.05) is 25.8 Å². The van der Waals surface area contributed by atoms with Crippen LogP contribution in [0.25, 0.3) is 0 Å². The molecule has 0 radical (unpaired) electrons. The van der Waals surface area contributed by atoms with E-state index in [-0.39, 0.29) is 23.1 Å². The Labute approximate surface area is 141 Å². The molecule has 1 aliphatic carbocycles. The molecular formula is C18H24N2O4. The van der Waals surface area contributed by atoms with Gasteiger partial charge in [-0.3, -0.25) is 0 Å². The first kappa shape index (κ1) is 16.8. The van der Waals surface area contributed by atoms with Crippen molar-refractivity contribution in [2.45, 2.75) is 44.7 Å². The number of hydrogen-bond acceptors (Lipinski definition) is 3. The lowest BCUT2D eigenvalue weighted by atomic mass is 9.75. The van der Waals surface area contributed by atoms with Gasteiger partial charge in [-0.25, -0.2) is 9.59 Å². The first-order chi connectivity index (χ1) is 11.6. The van der Waals surface area contributed by atoms with Gasteiger partial charge in [0.05, 0.1) is 5.56 Å². The maximum absolute atomic E-state index is 12.2. The molecular weight excluding hydrogens is 308 g/mol. The molecule has 3 rings (SSSR count). The third-order valence-electron chi connectivity index (χ3n) is 5.35. The SMILES string of the molecule is O=C(NCc1ccc(C(=O)O)cc1)NC1CCCC12CCOCC2. The zero-order chi connectivity index (χ0) is 17.0. The van der Waals surface area contributed by atoms with Crippen LogP contribution >= 0.6 is 0 Å². The highest BCUT2D eigenvalue weighted by molar-refractivity contribution is 5.87. The highest BCUT2D eigenvalue weighted by atomic mass is 16.5. The third kappa shape index (κ3) is 3.70. The summed E-state index contributed by atoms with van der Waals surface area (Å²) in [5, 5.41) is 14.9. The van der Waals surface area contributed by atoms with Crippen LogP contribution in [0.5, 0.6) is 0 Å². The third-order valence-corrected chi connectivity index (χ3v) is 5.35. The van der Waals surface area contributed by atoms with Crippen LogP contribution in [0.1, 0.15) is 48.0 Å². The number of amides is 2. The van der Waals surface area contributed by atoms with Crippen LogP contribution in [-0.2, 0) is 11.3 Å². The van der Waals surface area contributed by atoms with Gasteiger partial charge < -0.3 is 20.5 Å². The van der Waals surface area contributed by atoms with Crippen LogP contribution in [0.4, 0.5) is 4.79 Å². The molecule has 2 fully saturated rings. The van der Waals surface area contributed by atoms with Gasteiger partial charge in [0.2, 0.25) is 0 Å². The Morgan fingerprint density at radius 2 is 1.88 bits per heavy atom. The summed E-state index contributed by atoms with van der Waals surface area (Å²) in [5.41, 5.74) is 1.33. The summed E-state index contributed by atoms with van der Waals surface area (Å²) >= 11 is 0. The van der Waals surface area contributed by atoms with E-state index in [4.69, 9.17) is 9.84 Å². The van der Waals surface area contributed by atoms with E-state index in [0.717, 1.165) is 50.9 Å². The number of nitrogens with one attached hydrogen (secondary N) is 2. The average molecular weight is 332 g/mol. The second-order valence-corrected chi connectivity index (χ2v) is 6.75. The number of urea groups is 1. The summed E-state index contributed by atoms with van der Waals surface area (Å²) in [6.07, 6.45) is 5.39. The quantitative estimate of drug-likeness (QED) is 0.790. The summed E-state index contributed by atoms with van der Waals surface area (Å²) in [6.45, 7) is 1.96. The van der Waals surface area contributed by atoms with E-state index in [1.165, 1.54) is 0 Å². The van der Waals surface area contributed by atoms with E-state index >= 15 is 0 Å². The van der Waals surface area contributed by atoms with Crippen LogP contribution in [0.3, 0.4) is 0 Å². The molecule has 1 aliphatic heterocycles. The Kier molecular flexibility index (Phi) is 5.04. The highest BCUT2D eigenvalue weighted by Gasteiger charge is 2.44. The fraction of sp³-hybridized carbons (Fsp3) is 0.556. The summed E-state index contributed by atoms with van der Waals surface area (Å²) in [4.78, 5) is 23.1. The van der Waals surface area contributed by atoms with Crippen LogP contribution in [-0.4, -0.2) is 36.4 Å². The summed E-state index contributed by atoms with van der Waals surface area (Å²) < 4.78 is 5.47. The molecule has 1 saturated heterocycles. The lowest BCUT2D eigenvalue weighted by Crippen LogP contribution is -2.50. The molecule has 130 valence electrons. The van der Waals surface area contributed by atoms with Gasteiger partial charge in [-0.05, 0) is 48.8 Å². The predicted molar refractivity (Wildman–Crippen MR) is 88.9 cm³/mol. The molecule has 1 spiro atoms. The molecule has 2 aliphatic rings. The zero-order valence-corrected chi connectivity index (χ0v) is 13.7. The average Bonchev–Trinajstić information content (AvgIpc) is 2.95. The van der Waals surface area contributed by atoms with Crippen molar-refractivity contribution in [3.63, 3.8) is 0 Å². The topological polar surface area (TPSA) is 87.7 Å². The number of hydrogen-bond donors (Lipinski definition) is 3. The number of aromatic carboxylic acids is 1. The standard InChI is InChI=1S/C18H24N2O4/c21-16(22)14-5-3-13(4-6-14)12-19-17(23)20-15-2-1-7-18(15)8-10-24-11-9-18/h3-6,15H,1-2,7-12H2,(H,21,22)(H2,19,20,23). The second kappa shape index (κ2) is 7.21. The van der Waals surface area contributed by atoms with Crippen LogP contribution in [0.2, 0.25) is 0 Å². The minimum absolute atomic E-state index is 0.157. The molecule has 1 atom stereocenters. The fourth-order valence-electron chi connectivity index (χ4n) is 3.90. The molecule has 0 bridgehead atoms. The molecule has 6 heteroatoms. The summed E-state index contributed by atoms with van der Waals surface area (Å²) in [7, 11) is 0. The molecule has 1 unspecified atom stereocenters. The molecule has 6 nitrogen and oxygen atoms in total. The second-order valence-electron chi connectivity index (χ2n) is 6.75. The number of carbonyl (C=O) groups is 2. The lowest BCUT2D eigenvalue weighted by molar-refractivity contribution is 0.00623. The lowest BCUT2D eigenvalue weighted by Gasteiger charge is -2.39. The van der Waals surface area contributed by atoms with E-state index in [2.05, 4.69) is 10.6 Å². The maximum atomic E-state index is 12.2. The minimum Gasteiger partial charge on any atom is -0.478 e. The Morgan fingerprint density at radius 1 is 1.17 bits per heavy atom. The normalized spacial score (nSPS) is 22.2. The van der Waals surface area contributed by atoms with Gasteiger partial charge in [0.15, 0.2) is 0 Å². The van der Waals surface area contributed by atoms with Gasteiger partial charge in [-0.15, -0.1) is 0 Å². The van der Waals surface area contributed by atoms with E-state index in [1.807, 2.05) is 0 Å². The zero-order valence-electron chi connectivity index (χ0n) is 13.7. The van der Waals surface area contributed by atoms with Crippen molar-refractivity contribution >= 4 is 12.0 Å². The largest absolute Gasteiger partial charge is 0.478 e. The van der Waals surface area contributed by atoms with Crippen molar-refractivity contribution in [3.8, 4) is 0 Å². The first-order valence-corrected chi connectivity index (χ1v) is 8.53. The van der Waals surface area contributed by atoms with E-state index in [9.17, 15) is 9.59 Å². The molecule has 1 aromatic carbocycles. The number of benzene rings is 1. The van der Waals surface area contributed by atoms with Gasteiger partial charge >= 0.3 is 12.0 Å². The predicted octanol–water partition coefficient (Wildman–Crippen LogP) is 2.53. The molecule has 1 saturated carbocycles. The number of ether oxygens (including phenoxy) is 1. The number of carboxylic acids is 1. The van der Waals surface area contributed by atoms with Crippen LogP contribution in [0, 0.1) is 5.41 Å². The van der Waals surface area contributed by atoms with E-state index < -0.39 is 5.97 Å². The highest BCUT2D eigenvalue weighted by Crippen LogP contribution is 2.45. The smallest absolute Gasteiger partial charge is 0.335 e. The molecule has 24 heavy (non-hydrogen) atoms. The maximum Gasteiger partial charge on any atom is 0.335 e. The van der Waals surface area contributed by atoms with Crippen LogP contribution in [0.15, 0.2) is 24.3 Å². The fourth-order valence-corrected chi connectivity index (χ4v) is 3.90. The van der Waals surface area contributed by atoms with Gasteiger partial charge in [-0.2, -0.15) is 0 Å². The minimum atomic E-state index is -0.949. The number of carboxylic acid groups (broad SMARTS) is 1. The Morgan fingerprint density at radius 3 is 2.54 bits per heavy atom. The summed E-state index contributed by atoms with van der Waals surface area (Å²) in [5.74, 6) is -0.949. The van der Waals surface area contributed by atoms with Crippen molar-refractivity contribution in [1.82, 2.24) is 10.6 Å². The molecule has 1 heterocycles. The van der Waals surface area contributed by atoms with E-state index in [1.54, 1.807) is 24.3 Å². The Balaban J connectivity index is 1.51. The molecule has 1 aromatic rings. The van der Waals surface area contributed by atoms with Crippen molar-refractivity contribution in [2.24, 2.45) is 5.41 Å². The Bertz CT molecular complexity index is 594. The molecule has 0 aromatic heterocycles. The number of rotatable bonds is 4. The van der Waals surface area contributed by atoms with Crippen LogP contribution < -0.4 is 10.6 Å². The summed E-state index contributed by atoms with van der Waals surface area (Å²) in [6, 6.07) is 6.60. The molecule has 3 N–H and O–H groups in total.